The van der Waals surface area contributed by atoms with E-state index in [1.807, 2.05) is 23.1 Å². The molecule has 0 N–H and O–H groups in total. The highest BCUT2D eigenvalue weighted by atomic mass is 16.2. The van der Waals surface area contributed by atoms with Gasteiger partial charge in [0.1, 0.15) is 5.65 Å². The maximum atomic E-state index is 12.7. The van der Waals surface area contributed by atoms with Crippen LogP contribution in [0.3, 0.4) is 0 Å². The quantitative estimate of drug-likeness (QED) is 0.816. The van der Waals surface area contributed by atoms with Crippen LogP contribution in [0, 0.1) is 17.8 Å². The molecule has 2 aromatic rings. The van der Waals surface area contributed by atoms with Crippen molar-refractivity contribution in [2.24, 2.45) is 17.8 Å². The van der Waals surface area contributed by atoms with Gasteiger partial charge in [0.15, 0.2) is 0 Å². The number of piperazine rings is 1. The van der Waals surface area contributed by atoms with Gasteiger partial charge in [0.2, 0.25) is 5.91 Å². The SMILES string of the molecule is O=C(CC1CC2CCC1C2)N1CCN(Cc2cc(=O)n3ccccc3n2)CC1. The lowest BCUT2D eigenvalue weighted by atomic mass is 9.86. The Morgan fingerprint density at radius 2 is 1.96 bits per heavy atom. The van der Waals surface area contributed by atoms with Crippen LogP contribution >= 0.6 is 0 Å². The molecular formula is C22H28N4O2. The zero-order chi connectivity index (χ0) is 19.1. The third-order valence-corrected chi connectivity index (χ3v) is 7.06. The number of carbonyl (C=O) groups is 1. The molecule has 3 unspecified atom stereocenters. The molecule has 6 heteroatoms. The second-order valence-electron chi connectivity index (χ2n) is 8.81. The molecule has 1 saturated heterocycles. The molecule has 1 amide bonds. The lowest BCUT2D eigenvalue weighted by Gasteiger charge is -2.35. The fourth-order valence-electron chi connectivity index (χ4n) is 5.55. The number of carbonyl (C=O) groups excluding carboxylic acids is 1. The predicted octanol–water partition coefficient (Wildman–Crippen LogP) is 2.17. The maximum absolute atomic E-state index is 12.7. The van der Waals surface area contributed by atoms with Crippen molar-refractivity contribution in [1.29, 1.82) is 0 Å². The smallest absolute Gasteiger partial charge is 0.258 e. The number of rotatable bonds is 4. The Balaban J connectivity index is 1.16. The third kappa shape index (κ3) is 3.46. The fraction of sp³-hybridized carbons (Fsp3) is 0.591. The standard InChI is InChI=1S/C22H28N4O2/c27-21(13-18-12-16-4-5-17(18)11-16)25-9-7-24(8-10-25)15-19-14-22(28)26-6-2-1-3-20(26)23-19/h1-3,6,14,16-18H,4-5,7-13,15H2. The first-order valence-corrected chi connectivity index (χ1v) is 10.6. The molecule has 5 rings (SSSR count). The number of hydrogen-bond acceptors (Lipinski definition) is 4. The summed E-state index contributed by atoms with van der Waals surface area (Å²) < 4.78 is 1.57. The van der Waals surface area contributed by atoms with Crippen LogP contribution in [-0.4, -0.2) is 51.3 Å². The molecule has 2 aliphatic carbocycles. The Hall–Kier alpha value is -2.21. The van der Waals surface area contributed by atoms with Crippen molar-refractivity contribution in [3.8, 4) is 0 Å². The molecule has 3 heterocycles. The minimum atomic E-state index is -0.0414. The topological polar surface area (TPSA) is 57.9 Å². The van der Waals surface area contributed by atoms with E-state index in [0.29, 0.717) is 24.0 Å². The van der Waals surface area contributed by atoms with Crippen LogP contribution in [0.2, 0.25) is 0 Å². The van der Waals surface area contributed by atoms with Crippen LogP contribution in [-0.2, 0) is 11.3 Å². The van der Waals surface area contributed by atoms with E-state index >= 15 is 0 Å². The molecule has 2 aromatic heterocycles. The van der Waals surface area contributed by atoms with Gasteiger partial charge in [-0.05, 0) is 49.1 Å². The van der Waals surface area contributed by atoms with E-state index in [0.717, 1.165) is 50.1 Å². The second kappa shape index (κ2) is 7.32. The molecule has 28 heavy (non-hydrogen) atoms. The van der Waals surface area contributed by atoms with Crippen molar-refractivity contribution in [3.63, 3.8) is 0 Å². The molecule has 3 atom stereocenters. The molecule has 3 aliphatic rings. The summed E-state index contributed by atoms with van der Waals surface area (Å²) in [5, 5.41) is 0. The number of amides is 1. The zero-order valence-electron chi connectivity index (χ0n) is 16.3. The van der Waals surface area contributed by atoms with Gasteiger partial charge in [-0.3, -0.25) is 18.9 Å². The summed E-state index contributed by atoms with van der Waals surface area (Å²) in [5.74, 6) is 2.70. The van der Waals surface area contributed by atoms with E-state index in [9.17, 15) is 9.59 Å². The van der Waals surface area contributed by atoms with Crippen molar-refractivity contribution in [2.45, 2.75) is 38.6 Å². The van der Waals surface area contributed by atoms with Gasteiger partial charge in [-0.2, -0.15) is 0 Å². The van der Waals surface area contributed by atoms with Crippen LogP contribution < -0.4 is 5.56 Å². The molecule has 0 radical (unpaired) electrons. The first-order valence-electron chi connectivity index (χ1n) is 10.6. The summed E-state index contributed by atoms with van der Waals surface area (Å²) >= 11 is 0. The van der Waals surface area contributed by atoms with Crippen LogP contribution in [0.25, 0.3) is 5.65 Å². The Morgan fingerprint density at radius 3 is 2.71 bits per heavy atom. The number of pyridine rings is 1. The predicted molar refractivity (Wildman–Crippen MR) is 107 cm³/mol. The number of hydrogen-bond donors (Lipinski definition) is 0. The van der Waals surface area contributed by atoms with Crippen molar-refractivity contribution in [1.82, 2.24) is 19.2 Å². The number of aromatic nitrogens is 2. The Kier molecular flexibility index (Phi) is 4.67. The van der Waals surface area contributed by atoms with Crippen molar-refractivity contribution in [2.75, 3.05) is 26.2 Å². The van der Waals surface area contributed by atoms with Crippen molar-refractivity contribution in [3.05, 3.63) is 46.5 Å². The monoisotopic (exact) mass is 380 g/mol. The van der Waals surface area contributed by atoms with Crippen LogP contribution in [0.15, 0.2) is 35.3 Å². The lowest BCUT2D eigenvalue weighted by molar-refractivity contribution is -0.134. The largest absolute Gasteiger partial charge is 0.340 e. The van der Waals surface area contributed by atoms with E-state index in [4.69, 9.17) is 0 Å². The van der Waals surface area contributed by atoms with Crippen LogP contribution in [0.1, 0.15) is 37.8 Å². The normalized spacial score (nSPS) is 27.6. The molecule has 6 nitrogen and oxygen atoms in total. The highest BCUT2D eigenvalue weighted by molar-refractivity contribution is 5.76. The highest BCUT2D eigenvalue weighted by Gasteiger charge is 2.40. The van der Waals surface area contributed by atoms with Crippen molar-refractivity contribution < 1.29 is 4.79 Å². The summed E-state index contributed by atoms with van der Waals surface area (Å²) in [6, 6.07) is 7.21. The van der Waals surface area contributed by atoms with E-state index in [-0.39, 0.29) is 5.56 Å². The molecular weight excluding hydrogens is 352 g/mol. The van der Waals surface area contributed by atoms with E-state index in [1.54, 1.807) is 16.7 Å². The molecule has 0 aromatic carbocycles. The molecule has 148 valence electrons. The Bertz CT molecular complexity index is 932. The van der Waals surface area contributed by atoms with Gasteiger partial charge in [0, 0.05) is 51.4 Å². The average Bonchev–Trinajstić information content (AvgIpc) is 3.32. The Labute approximate surface area is 165 Å². The van der Waals surface area contributed by atoms with Gasteiger partial charge in [0.05, 0.1) is 5.69 Å². The molecule has 0 spiro atoms. The molecule has 2 saturated carbocycles. The summed E-state index contributed by atoms with van der Waals surface area (Å²) in [7, 11) is 0. The summed E-state index contributed by atoms with van der Waals surface area (Å²) in [4.78, 5) is 33.9. The van der Waals surface area contributed by atoms with Crippen LogP contribution in [0.4, 0.5) is 0 Å². The number of fused-ring (bicyclic) bond motifs is 3. The van der Waals surface area contributed by atoms with Gasteiger partial charge >= 0.3 is 0 Å². The minimum absolute atomic E-state index is 0.0414. The van der Waals surface area contributed by atoms with Gasteiger partial charge in [0.25, 0.3) is 5.56 Å². The van der Waals surface area contributed by atoms with E-state index in [2.05, 4.69) is 9.88 Å². The van der Waals surface area contributed by atoms with Gasteiger partial charge in [-0.1, -0.05) is 12.5 Å². The van der Waals surface area contributed by atoms with E-state index in [1.165, 1.54) is 25.7 Å². The second-order valence-corrected chi connectivity index (χ2v) is 8.81. The lowest BCUT2D eigenvalue weighted by Crippen LogP contribution is -2.48. The van der Waals surface area contributed by atoms with Gasteiger partial charge in [-0.25, -0.2) is 4.98 Å². The first kappa shape index (κ1) is 17.9. The van der Waals surface area contributed by atoms with Gasteiger partial charge in [-0.15, -0.1) is 0 Å². The van der Waals surface area contributed by atoms with Crippen LogP contribution in [0.5, 0.6) is 0 Å². The zero-order valence-corrected chi connectivity index (χ0v) is 16.3. The average molecular weight is 380 g/mol. The summed E-state index contributed by atoms with van der Waals surface area (Å²) in [6.07, 6.45) is 7.87. The maximum Gasteiger partial charge on any atom is 0.258 e. The molecule has 1 aliphatic heterocycles. The Morgan fingerprint density at radius 1 is 1.11 bits per heavy atom. The minimum Gasteiger partial charge on any atom is -0.340 e. The summed E-state index contributed by atoms with van der Waals surface area (Å²) in [5.41, 5.74) is 1.45. The fourth-order valence-corrected chi connectivity index (χ4v) is 5.55. The molecule has 3 fully saturated rings. The number of nitrogens with zero attached hydrogens (tertiary/aromatic N) is 4. The highest BCUT2D eigenvalue weighted by Crippen LogP contribution is 2.49. The third-order valence-electron chi connectivity index (χ3n) is 7.06. The van der Waals surface area contributed by atoms with Crippen molar-refractivity contribution >= 4 is 11.6 Å². The molecule has 2 bridgehead atoms. The summed E-state index contributed by atoms with van der Waals surface area (Å²) in [6.45, 7) is 3.92. The van der Waals surface area contributed by atoms with Gasteiger partial charge < -0.3 is 4.90 Å². The first-order chi connectivity index (χ1) is 13.7. The van der Waals surface area contributed by atoms with E-state index < -0.39 is 0 Å².